The lowest BCUT2D eigenvalue weighted by Gasteiger charge is -2.33. The molecule has 1 heterocycles. The molecular formula is C13H25N3. The fourth-order valence-electron chi connectivity index (χ4n) is 2.31. The molecule has 1 aliphatic heterocycles. The summed E-state index contributed by atoms with van der Waals surface area (Å²) in [5.41, 5.74) is 0. The van der Waals surface area contributed by atoms with Gasteiger partial charge in [-0.1, -0.05) is 13.8 Å². The summed E-state index contributed by atoms with van der Waals surface area (Å²) in [4.78, 5) is 2.52. The predicted octanol–water partition coefficient (Wildman–Crippen LogP) is 2.00. The van der Waals surface area contributed by atoms with E-state index < -0.39 is 0 Å². The van der Waals surface area contributed by atoms with Gasteiger partial charge >= 0.3 is 0 Å². The second-order valence-electron chi connectivity index (χ2n) is 5.13. The van der Waals surface area contributed by atoms with Crippen LogP contribution in [0.4, 0.5) is 0 Å². The molecule has 1 fully saturated rings. The lowest BCUT2D eigenvalue weighted by Crippen LogP contribution is -2.41. The fraction of sp³-hybridized carbons (Fsp3) is 0.923. The van der Waals surface area contributed by atoms with Crippen LogP contribution in [0, 0.1) is 17.2 Å². The number of likely N-dealkylation sites (tertiary alicyclic amines) is 1. The van der Waals surface area contributed by atoms with Crippen molar-refractivity contribution in [1.82, 2.24) is 10.2 Å². The van der Waals surface area contributed by atoms with E-state index in [9.17, 15) is 0 Å². The third kappa shape index (κ3) is 5.48. The second-order valence-corrected chi connectivity index (χ2v) is 5.13. The Hall–Kier alpha value is -0.590. The topological polar surface area (TPSA) is 39.1 Å². The Labute approximate surface area is 99.8 Å². The van der Waals surface area contributed by atoms with Gasteiger partial charge in [-0.15, -0.1) is 0 Å². The van der Waals surface area contributed by atoms with Gasteiger partial charge in [-0.05, 0) is 44.8 Å². The SMILES string of the molecule is CC(C)NCC1CCCN(CCCC#N)C1. The zero-order valence-corrected chi connectivity index (χ0v) is 10.7. The molecule has 0 aromatic rings. The maximum absolute atomic E-state index is 8.51. The highest BCUT2D eigenvalue weighted by molar-refractivity contribution is 4.77. The molecule has 0 amide bonds. The third-order valence-electron chi connectivity index (χ3n) is 3.18. The Bertz CT molecular complexity index is 220. The van der Waals surface area contributed by atoms with Crippen molar-refractivity contribution in [3.8, 4) is 6.07 Å². The first-order valence-corrected chi connectivity index (χ1v) is 6.55. The summed E-state index contributed by atoms with van der Waals surface area (Å²) in [6.45, 7) is 9.09. The summed E-state index contributed by atoms with van der Waals surface area (Å²) in [6, 6.07) is 2.81. The molecule has 1 saturated heterocycles. The van der Waals surface area contributed by atoms with Crippen molar-refractivity contribution in [2.24, 2.45) is 5.92 Å². The van der Waals surface area contributed by atoms with Crippen molar-refractivity contribution in [3.63, 3.8) is 0 Å². The van der Waals surface area contributed by atoms with Crippen molar-refractivity contribution in [3.05, 3.63) is 0 Å². The van der Waals surface area contributed by atoms with Gasteiger partial charge in [-0.3, -0.25) is 0 Å². The minimum Gasteiger partial charge on any atom is -0.314 e. The van der Waals surface area contributed by atoms with Gasteiger partial charge in [0.25, 0.3) is 0 Å². The van der Waals surface area contributed by atoms with Crippen LogP contribution >= 0.6 is 0 Å². The average Bonchev–Trinajstić information content (AvgIpc) is 2.27. The number of rotatable bonds is 6. The molecule has 0 saturated carbocycles. The maximum Gasteiger partial charge on any atom is 0.0622 e. The highest BCUT2D eigenvalue weighted by atomic mass is 15.1. The molecule has 3 nitrogen and oxygen atoms in total. The van der Waals surface area contributed by atoms with Crippen LogP contribution < -0.4 is 5.32 Å². The van der Waals surface area contributed by atoms with E-state index in [1.807, 2.05) is 0 Å². The van der Waals surface area contributed by atoms with Crippen LogP contribution in [0.2, 0.25) is 0 Å². The van der Waals surface area contributed by atoms with Crippen molar-refractivity contribution in [1.29, 1.82) is 5.26 Å². The van der Waals surface area contributed by atoms with Gasteiger partial charge in [0.05, 0.1) is 6.07 Å². The standard InChI is InChI=1S/C13H25N3/c1-12(2)15-10-13-6-5-9-16(11-13)8-4-3-7-14/h12-13,15H,3-6,8-11H2,1-2H3. The van der Waals surface area contributed by atoms with Crippen molar-refractivity contribution in [2.45, 2.75) is 45.6 Å². The molecule has 0 spiro atoms. The fourth-order valence-corrected chi connectivity index (χ4v) is 2.31. The van der Waals surface area contributed by atoms with Crippen molar-refractivity contribution >= 4 is 0 Å². The molecular weight excluding hydrogens is 198 g/mol. The quantitative estimate of drug-likeness (QED) is 0.700. The number of nitrogens with zero attached hydrogens (tertiary/aromatic N) is 2. The van der Waals surface area contributed by atoms with Gasteiger partial charge in [0, 0.05) is 19.0 Å². The van der Waals surface area contributed by atoms with E-state index in [0.717, 1.165) is 25.4 Å². The molecule has 1 rings (SSSR count). The summed E-state index contributed by atoms with van der Waals surface area (Å²) in [7, 11) is 0. The normalized spacial score (nSPS) is 22.2. The van der Waals surface area contributed by atoms with Gasteiger partial charge in [-0.25, -0.2) is 0 Å². The Morgan fingerprint density at radius 1 is 1.50 bits per heavy atom. The molecule has 0 aromatic carbocycles. The van der Waals surface area contributed by atoms with Crippen LogP contribution in [-0.4, -0.2) is 37.1 Å². The van der Waals surface area contributed by atoms with Gasteiger partial charge in [0.15, 0.2) is 0 Å². The van der Waals surface area contributed by atoms with E-state index in [-0.39, 0.29) is 0 Å². The van der Waals surface area contributed by atoms with Crippen LogP contribution in [0.5, 0.6) is 0 Å². The molecule has 0 aromatic heterocycles. The minimum absolute atomic E-state index is 0.592. The van der Waals surface area contributed by atoms with Crippen molar-refractivity contribution in [2.75, 3.05) is 26.2 Å². The van der Waals surface area contributed by atoms with Gasteiger partial charge in [0.1, 0.15) is 0 Å². The van der Waals surface area contributed by atoms with Crippen LogP contribution in [0.1, 0.15) is 39.5 Å². The summed E-state index contributed by atoms with van der Waals surface area (Å²) in [5, 5.41) is 12.0. The first-order chi connectivity index (χ1) is 7.72. The molecule has 1 unspecified atom stereocenters. The van der Waals surface area contributed by atoms with E-state index in [2.05, 4.69) is 30.1 Å². The maximum atomic E-state index is 8.51. The highest BCUT2D eigenvalue weighted by Gasteiger charge is 2.19. The summed E-state index contributed by atoms with van der Waals surface area (Å²) in [5.74, 6) is 0.804. The van der Waals surface area contributed by atoms with E-state index >= 15 is 0 Å². The lowest BCUT2D eigenvalue weighted by atomic mass is 9.97. The summed E-state index contributed by atoms with van der Waals surface area (Å²) < 4.78 is 0. The third-order valence-corrected chi connectivity index (χ3v) is 3.18. The zero-order chi connectivity index (χ0) is 11.8. The molecule has 3 heteroatoms. The molecule has 0 radical (unpaired) electrons. The number of piperidine rings is 1. The van der Waals surface area contributed by atoms with E-state index in [0.29, 0.717) is 12.5 Å². The molecule has 0 bridgehead atoms. The molecule has 16 heavy (non-hydrogen) atoms. The number of nitriles is 1. The minimum atomic E-state index is 0.592. The summed E-state index contributed by atoms with van der Waals surface area (Å²) >= 11 is 0. The van der Waals surface area contributed by atoms with Crippen molar-refractivity contribution < 1.29 is 0 Å². The smallest absolute Gasteiger partial charge is 0.0622 e. The first-order valence-electron chi connectivity index (χ1n) is 6.55. The number of hydrogen-bond donors (Lipinski definition) is 1. The molecule has 92 valence electrons. The molecule has 1 aliphatic rings. The molecule has 0 aliphatic carbocycles. The second kappa shape index (κ2) is 7.65. The van der Waals surface area contributed by atoms with E-state index in [4.69, 9.17) is 5.26 Å². The van der Waals surface area contributed by atoms with Gasteiger partial charge in [-0.2, -0.15) is 5.26 Å². The van der Waals surface area contributed by atoms with Crippen LogP contribution in [-0.2, 0) is 0 Å². The van der Waals surface area contributed by atoms with E-state index in [1.165, 1.54) is 25.9 Å². The Balaban J connectivity index is 2.17. The Morgan fingerprint density at radius 2 is 2.31 bits per heavy atom. The number of unbranched alkanes of at least 4 members (excludes halogenated alkanes) is 1. The first kappa shape index (κ1) is 13.5. The van der Waals surface area contributed by atoms with Crippen LogP contribution in [0.3, 0.4) is 0 Å². The van der Waals surface area contributed by atoms with Crippen LogP contribution in [0.15, 0.2) is 0 Å². The van der Waals surface area contributed by atoms with E-state index in [1.54, 1.807) is 0 Å². The molecule has 1 atom stereocenters. The largest absolute Gasteiger partial charge is 0.314 e. The summed E-state index contributed by atoms with van der Waals surface area (Å²) in [6.07, 6.45) is 4.40. The highest BCUT2D eigenvalue weighted by Crippen LogP contribution is 2.16. The monoisotopic (exact) mass is 223 g/mol. The average molecular weight is 223 g/mol. The number of nitrogens with one attached hydrogen (secondary N) is 1. The lowest BCUT2D eigenvalue weighted by molar-refractivity contribution is 0.170. The Kier molecular flexibility index (Phi) is 6.44. The van der Waals surface area contributed by atoms with Gasteiger partial charge < -0.3 is 10.2 Å². The zero-order valence-electron chi connectivity index (χ0n) is 10.7. The van der Waals surface area contributed by atoms with Crippen LogP contribution in [0.25, 0.3) is 0 Å². The predicted molar refractivity (Wildman–Crippen MR) is 67.1 cm³/mol. The number of hydrogen-bond acceptors (Lipinski definition) is 3. The Morgan fingerprint density at radius 3 is 3.00 bits per heavy atom. The van der Waals surface area contributed by atoms with Gasteiger partial charge in [0.2, 0.25) is 0 Å². The molecule has 1 N–H and O–H groups in total.